The molecule has 0 saturated carbocycles. The number of hydrogen-bond donors (Lipinski definition) is 2. The van der Waals surface area contributed by atoms with Crippen molar-refractivity contribution in [3.63, 3.8) is 0 Å². The lowest BCUT2D eigenvalue weighted by Crippen LogP contribution is -2.36. The number of aryl methyl sites for hydroxylation is 1. The summed E-state index contributed by atoms with van der Waals surface area (Å²) in [7, 11) is 0. The van der Waals surface area contributed by atoms with Crippen LogP contribution in [0.1, 0.15) is 41.5 Å². The first-order valence-corrected chi connectivity index (χ1v) is 8.35. The first kappa shape index (κ1) is 17.0. The normalized spacial score (nSPS) is 17.1. The number of ether oxygens (including phenoxy) is 1. The zero-order chi connectivity index (χ0) is 17.8. The first-order valence-electron chi connectivity index (χ1n) is 8.35. The van der Waals surface area contributed by atoms with Gasteiger partial charge in [-0.3, -0.25) is 9.59 Å². The highest BCUT2D eigenvalue weighted by atomic mass is 16.5. The topological polar surface area (TPSA) is 75.6 Å². The van der Waals surface area contributed by atoms with E-state index in [1.54, 1.807) is 0 Å². The van der Waals surface area contributed by atoms with E-state index in [9.17, 15) is 14.7 Å². The third kappa shape index (κ3) is 3.82. The van der Waals surface area contributed by atoms with E-state index >= 15 is 0 Å². The van der Waals surface area contributed by atoms with Crippen LogP contribution in [0.25, 0.3) is 0 Å². The van der Waals surface area contributed by atoms with Crippen LogP contribution in [0, 0.1) is 6.92 Å². The van der Waals surface area contributed by atoms with E-state index in [1.807, 2.05) is 55.5 Å². The molecule has 1 amide bonds. The van der Waals surface area contributed by atoms with Gasteiger partial charge in [0.1, 0.15) is 5.75 Å². The molecule has 1 aliphatic heterocycles. The predicted molar refractivity (Wildman–Crippen MR) is 93.6 cm³/mol. The predicted octanol–water partition coefficient (Wildman–Crippen LogP) is 3.19. The molecular formula is C20H21NO4. The Balaban J connectivity index is 1.84. The fourth-order valence-corrected chi connectivity index (χ4v) is 3.28. The highest BCUT2D eigenvalue weighted by Gasteiger charge is 2.30. The van der Waals surface area contributed by atoms with Gasteiger partial charge in [0.2, 0.25) is 5.91 Å². The van der Waals surface area contributed by atoms with Crippen LogP contribution >= 0.6 is 0 Å². The second-order valence-electron chi connectivity index (χ2n) is 6.24. The molecular weight excluding hydrogens is 318 g/mol. The molecule has 0 bridgehead atoms. The number of hydrogen-bond acceptors (Lipinski definition) is 3. The van der Waals surface area contributed by atoms with Gasteiger partial charge in [-0.15, -0.1) is 0 Å². The summed E-state index contributed by atoms with van der Waals surface area (Å²) in [6.45, 7) is 2.39. The summed E-state index contributed by atoms with van der Waals surface area (Å²) < 4.78 is 5.60. The number of rotatable bonds is 5. The van der Waals surface area contributed by atoms with Gasteiger partial charge in [-0.05, 0) is 30.5 Å². The number of benzene rings is 2. The van der Waals surface area contributed by atoms with Gasteiger partial charge >= 0.3 is 5.97 Å². The van der Waals surface area contributed by atoms with Crippen LogP contribution in [0.15, 0.2) is 48.5 Å². The molecule has 2 atom stereocenters. The second kappa shape index (κ2) is 7.38. The van der Waals surface area contributed by atoms with Crippen LogP contribution in [0.4, 0.5) is 0 Å². The quantitative estimate of drug-likeness (QED) is 0.877. The van der Waals surface area contributed by atoms with Crippen molar-refractivity contribution < 1.29 is 19.4 Å². The Morgan fingerprint density at radius 2 is 1.92 bits per heavy atom. The van der Waals surface area contributed by atoms with E-state index < -0.39 is 12.0 Å². The van der Waals surface area contributed by atoms with Crippen LogP contribution in [0.5, 0.6) is 5.75 Å². The summed E-state index contributed by atoms with van der Waals surface area (Å²) in [6, 6.07) is 14.5. The van der Waals surface area contributed by atoms with Crippen LogP contribution in [0.3, 0.4) is 0 Å². The number of nitrogens with one attached hydrogen (secondary N) is 1. The Labute approximate surface area is 146 Å². The van der Waals surface area contributed by atoms with Gasteiger partial charge < -0.3 is 15.2 Å². The Bertz CT molecular complexity index is 787. The summed E-state index contributed by atoms with van der Waals surface area (Å²) in [5.74, 6) is -0.712. The Hall–Kier alpha value is -2.82. The molecule has 0 aliphatic carbocycles. The molecule has 1 aliphatic rings. The van der Waals surface area contributed by atoms with Crippen molar-refractivity contribution in [3.8, 4) is 5.75 Å². The van der Waals surface area contributed by atoms with Crippen molar-refractivity contribution in [2.75, 3.05) is 6.61 Å². The number of amides is 1. The molecule has 2 aromatic carbocycles. The number of carbonyl (C=O) groups excluding carboxylic acids is 1. The molecule has 0 unspecified atom stereocenters. The molecule has 2 aromatic rings. The van der Waals surface area contributed by atoms with E-state index in [2.05, 4.69) is 5.32 Å². The lowest BCUT2D eigenvalue weighted by atomic mass is 9.91. The van der Waals surface area contributed by atoms with E-state index in [4.69, 9.17) is 4.74 Å². The first-order chi connectivity index (χ1) is 12.1. The van der Waals surface area contributed by atoms with Crippen LogP contribution in [0.2, 0.25) is 0 Å². The molecule has 1 heterocycles. The fraction of sp³-hybridized carbons (Fsp3) is 0.300. The van der Waals surface area contributed by atoms with Crippen molar-refractivity contribution >= 4 is 11.9 Å². The smallest absolute Gasteiger partial charge is 0.305 e. The summed E-state index contributed by atoms with van der Waals surface area (Å²) in [5, 5.41) is 12.2. The largest absolute Gasteiger partial charge is 0.493 e. The van der Waals surface area contributed by atoms with E-state index in [0.29, 0.717) is 13.0 Å². The van der Waals surface area contributed by atoms with Gasteiger partial charge in [-0.1, -0.05) is 42.5 Å². The minimum Gasteiger partial charge on any atom is -0.493 e. The summed E-state index contributed by atoms with van der Waals surface area (Å²) >= 11 is 0. The molecule has 5 heteroatoms. The number of carbonyl (C=O) groups is 2. The van der Waals surface area contributed by atoms with Gasteiger partial charge in [-0.2, -0.15) is 0 Å². The zero-order valence-corrected chi connectivity index (χ0v) is 14.1. The maximum atomic E-state index is 12.9. The summed E-state index contributed by atoms with van der Waals surface area (Å²) in [5.41, 5.74) is 2.64. The maximum absolute atomic E-state index is 12.9. The van der Waals surface area contributed by atoms with E-state index in [-0.39, 0.29) is 18.2 Å². The Morgan fingerprint density at radius 1 is 1.20 bits per heavy atom. The van der Waals surface area contributed by atoms with Crippen molar-refractivity contribution in [2.45, 2.75) is 31.7 Å². The van der Waals surface area contributed by atoms with Crippen LogP contribution in [-0.4, -0.2) is 23.6 Å². The van der Waals surface area contributed by atoms with Crippen molar-refractivity contribution in [1.82, 2.24) is 5.32 Å². The zero-order valence-electron chi connectivity index (χ0n) is 14.1. The molecule has 5 nitrogen and oxygen atoms in total. The highest BCUT2D eigenvalue weighted by molar-refractivity contribution is 5.85. The average molecular weight is 339 g/mol. The highest BCUT2D eigenvalue weighted by Crippen LogP contribution is 2.34. The van der Waals surface area contributed by atoms with E-state index in [1.165, 1.54) is 0 Å². The number of para-hydroxylation sites is 1. The van der Waals surface area contributed by atoms with Crippen molar-refractivity contribution in [3.05, 3.63) is 65.2 Å². The molecule has 25 heavy (non-hydrogen) atoms. The van der Waals surface area contributed by atoms with Gasteiger partial charge in [0.05, 0.1) is 25.0 Å². The SMILES string of the molecule is Cc1ccccc1[C@@H](CC(=O)O)NC(=O)[C@H]1CCOc2ccccc21. The Kier molecular flexibility index (Phi) is 5.03. The molecule has 0 radical (unpaired) electrons. The molecule has 2 N–H and O–H groups in total. The summed E-state index contributed by atoms with van der Waals surface area (Å²) in [6.07, 6.45) is 0.428. The molecule has 0 fully saturated rings. The lowest BCUT2D eigenvalue weighted by Gasteiger charge is -2.27. The fourth-order valence-electron chi connectivity index (χ4n) is 3.28. The molecule has 0 aromatic heterocycles. The molecule has 3 rings (SSSR count). The number of carboxylic acids is 1. The molecule has 130 valence electrons. The summed E-state index contributed by atoms with van der Waals surface area (Å²) in [4.78, 5) is 24.2. The number of carboxylic acid groups (broad SMARTS) is 1. The molecule has 0 saturated heterocycles. The van der Waals surface area contributed by atoms with Gasteiger partial charge in [0.15, 0.2) is 0 Å². The van der Waals surface area contributed by atoms with Crippen molar-refractivity contribution in [1.29, 1.82) is 0 Å². The third-order valence-electron chi connectivity index (χ3n) is 4.53. The second-order valence-corrected chi connectivity index (χ2v) is 6.24. The van der Waals surface area contributed by atoms with Gasteiger partial charge in [-0.25, -0.2) is 0 Å². The third-order valence-corrected chi connectivity index (χ3v) is 4.53. The van der Waals surface area contributed by atoms with Gasteiger partial charge in [0, 0.05) is 5.56 Å². The standard InChI is InChI=1S/C20H21NO4/c1-13-6-2-3-7-14(13)17(12-19(22)23)21-20(24)16-10-11-25-18-9-5-4-8-15(16)18/h2-9,16-17H,10-12H2,1H3,(H,21,24)(H,22,23)/t16-,17+/m0/s1. The maximum Gasteiger partial charge on any atom is 0.305 e. The van der Waals surface area contributed by atoms with E-state index in [0.717, 1.165) is 22.4 Å². The van der Waals surface area contributed by atoms with Crippen LogP contribution in [-0.2, 0) is 9.59 Å². The van der Waals surface area contributed by atoms with Crippen molar-refractivity contribution in [2.24, 2.45) is 0 Å². The monoisotopic (exact) mass is 339 g/mol. The number of fused-ring (bicyclic) bond motifs is 1. The van der Waals surface area contributed by atoms with Crippen LogP contribution < -0.4 is 10.1 Å². The average Bonchev–Trinajstić information content (AvgIpc) is 2.60. The minimum atomic E-state index is -0.944. The molecule has 0 spiro atoms. The van der Waals surface area contributed by atoms with Gasteiger partial charge in [0.25, 0.3) is 0 Å². The number of aliphatic carboxylic acids is 1. The lowest BCUT2D eigenvalue weighted by molar-refractivity contribution is -0.137. The minimum absolute atomic E-state index is 0.151. The Morgan fingerprint density at radius 3 is 2.68 bits per heavy atom.